The molecule has 2 fully saturated rings. The van der Waals surface area contributed by atoms with Crippen molar-refractivity contribution in [3.05, 3.63) is 41.7 Å². The Hall–Kier alpha value is -3.31. The average molecular weight is 497 g/mol. The highest BCUT2D eigenvalue weighted by Gasteiger charge is 2.42. The lowest BCUT2D eigenvalue weighted by molar-refractivity contribution is -0.126. The van der Waals surface area contributed by atoms with Gasteiger partial charge < -0.3 is 31.0 Å². The molecule has 2 saturated heterocycles. The van der Waals surface area contributed by atoms with E-state index in [0.29, 0.717) is 54.5 Å². The highest BCUT2D eigenvalue weighted by atomic mass is 19.1. The third-order valence-electron chi connectivity index (χ3n) is 7.69. The van der Waals surface area contributed by atoms with Crippen molar-refractivity contribution in [2.24, 2.45) is 11.7 Å². The molecule has 2 aliphatic heterocycles. The molecule has 2 aromatic heterocycles. The number of amides is 1. The van der Waals surface area contributed by atoms with Crippen LogP contribution in [0.25, 0.3) is 11.2 Å². The van der Waals surface area contributed by atoms with Gasteiger partial charge in [0.2, 0.25) is 5.91 Å². The number of aromatic nitrogens is 4. The summed E-state index contributed by atoms with van der Waals surface area (Å²) in [7, 11) is 0. The molecule has 1 amide bonds. The van der Waals surface area contributed by atoms with Gasteiger partial charge >= 0.3 is 0 Å². The van der Waals surface area contributed by atoms with E-state index in [1.165, 1.54) is 12.4 Å². The predicted octanol–water partition coefficient (Wildman–Crippen LogP) is 1.74. The summed E-state index contributed by atoms with van der Waals surface area (Å²) in [5.41, 5.74) is 14.8. The van der Waals surface area contributed by atoms with Crippen molar-refractivity contribution in [3.8, 4) is 0 Å². The standard InChI is InChI=1S/C25H33FN8O2/c1-15-18(11-34-14-31-21-22(27)29-13-30-23(21)34)20(4-3-19(15)26)33-8-7-25(28,12-33)24(35)32-16(2)17-5-9-36-10-6-17/h3-4,13-14,16-17H,5-12,28H2,1-2H3,(H,32,35)(H2,27,29,30)/t16-,25-/m1/s1. The number of halogens is 1. The molecule has 192 valence electrons. The summed E-state index contributed by atoms with van der Waals surface area (Å²) in [6, 6.07) is 3.25. The largest absolute Gasteiger partial charge is 0.382 e. The van der Waals surface area contributed by atoms with Gasteiger partial charge in [0.1, 0.15) is 23.2 Å². The number of anilines is 2. The molecule has 3 aromatic rings. The quantitative estimate of drug-likeness (QED) is 0.469. The zero-order valence-electron chi connectivity index (χ0n) is 20.7. The maximum absolute atomic E-state index is 14.7. The molecule has 0 bridgehead atoms. The van der Waals surface area contributed by atoms with Crippen molar-refractivity contribution in [2.75, 3.05) is 36.9 Å². The molecule has 5 N–H and O–H groups in total. The zero-order chi connectivity index (χ0) is 25.4. The number of nitrogens with one attached hydrogen (secondary N) is 1. The molecule has 10 nitrogen and oxygen atoms in total. The first-order valence-electron chi connectivity index (χ1n) is 12.4. The van der Waals surface area contributed by atoms with Crippen molar-refractivity contribution in [1.29, 1.82) is 0 Å². The molecule has 11 heteroatoms. The number of nitrogens with two attached hydrogens (primary N) is 2. The summed E-state index contributed by atoms with van der Waals surface area (Å²) in [5.74, 6) is 0.243. The number of nitrogens with zero attached hydrogens (tertiary/aromatic N) is 5. The predicted molar refractivity (Wildman–Crippen MR) is 135 cm³/mol. The second-order valence-corrected chi connectivity index (χ2v) is 10.0. The van der Waals surface area contributed by atoms with Gasteiger partial charge in [0, 0.05) is 43.6 Å². The van der Waals surface area contributed by atoms with E-state index < -0.39 is 5.54 Å². The minimum atomic E-state index is -1.03. The molecule has 0 aliphatic carbocycles. The lowest BCUT2D eigenvalue weighted by Gasteiger charge is -2.32. The zero-order valence-corrected chi connectivity index (χ0v) is 20.7. The van der Waals surface area contributed by atoms with Crippen molar-refractivity contribution < 1.29 is 13.9 Å². The second kappa shape index (κ2) is 9.62. The summed E-state index contributed by atoms with van der Waals surface area (Å²) >= 11 is 0. The fraction of sp³-hybridized carbons (Fsp3) is 0.520. The van der Waals surface area contributed by atoms with Crippen LogP contribution in [0.1, 0.15) is 37.3 Å². The Morgan fingerprint density at radius 3 is 2.86 bits per heavy atom. The average Bonchev–Trinajstić information content (AvgIpc) is 3.48. The van der Waals surface area contributed by atoms with Gasteiger partial charge in [-0.25, -0.2) is 19.3 Å². The van der Waals surface area contributed by atoms with E-state index in [4.69, 9.17) is 16.2 Å². The third-order valence-corrected chi connectivity index (χ3v) is 7.69. The Kier molecular flexibility index (Phi) is 6.52. The Bertz CT molecular complexity index is 1270. The van der Waals surface area contributed by atoms with Crippen LogP contribution in [0, 0.1) is 18.7 Å². The maximum Gasteiger partial charge on any atom is 0.242 e. The van der Waals surface area contributed by atoms with Gasteiger partial charge in [0.25, 0.3) is 0 Å². The summed E-state index contributed by atoms with van der Waals surface area (Å²) in [5, 5.41) is 3.16. The molecule has 4 heterocycles. The Balaban J connectivity index is 1.37. The monoisotopic (exact) mass is 496 g/mol. The fourth-order valence-electron chi connectivity index (χ4n) is 5.30. The Morgan fingerprint density at radius 2 is 2.08 bits per heavy atom. The van der Waals surface area contributed by atoms with Crippen molar-refractivity contribution in [1.82, 2.24) is 24.8 Å². The summed E-state index contributed by atoms with van der Waals surface area (Å²) in [4.78, 5) is 27.9. The van der Waals surface area contributed by atoms with Crippen LogP contribution in [0.15, 0.2) is 24.8 Å². The van der Waals surface area contributed by atoms with Crippen LogP contribution in [-0.4, -0.2) is 63.3 Å². The normalized spacial score (nSPS) is 21.7. The number of carbonyl (C=O) groups excluding carboxylic acids is 1. The van der Waals surface area contributed by atoms with E-state index >= 15 is 0 Å². The summed E-state index contributed by atoms with van der Waals surface area (Å²) in [6.07, 6.45) is 5.39. The minimum absolute atomic E-state index is 0.0310. The number of nitrogen functional groups attached to an aromatic ring is 1. The van der Waals surface area contributed by atoms with Gasteiger partial charge in [0.05, 0.1) is 12.9 Å². The van der Waals surface area contributed by atoms with Crippen LogP contribution in [0.5, 0.6) is 0 Å². The number of carbonyl (C=O) groups is 1. The van der Waals surface area contributed by atoms with Crippen molar-refractivity contribution in [2.45, 2.75) is 51.2 Å². The van der Waals surface area contributed by atoms with Crippen molar-refractivity contribution >= 4 is 28.6 Å². The van der Waals surface area contributed by atoms with Crippen LogP contribution in [0.4, 0.5) is 15.9 Å². The number of fused-ring (bicyclic) bond motifs is 1. The Morgan fingerprint density at radius 1 is 1.31 bits per heavy atom. The molecule has 5 rings (SSSR count). The van der Waals surface area contributed by atoms with Crippen LogP contribution < -0.4 is 21.7 Å². The van der Waals surface area contributed by atoms with E-state index in [0.717, 1.165) is 37.3 Å². The van der Waals surface area contributed by atoms with E-state index in [9.17, 15) is 9.18 Å². The topological polar surface area (TPSA) is 137 Å². The molecule has 2 aliphatic rings. The van der Waals surface area contributed by atoms with Gasteiger partial charge in [0.15, 0.2) is 11.5 Å². The molecule has 1 aromatic carbocycles. The first kappa shape index (κ1) is 24.4. The van der Waals surface area contributed by atoms with Crippen LogP contribution in [0.3, 0.4) is 0 Å². The lowest BCUT2D eigenvalue weighted by Crippen LogP contribution is -2.58. The number of imidazole rings is 1. The van der Waals surface area contributed by atoms with E-state index in [1.54, 1.807) is 19.3 Å². The number of benzene rings is 1. The smallest absolute Gasteiger partial charge is 0.242 e. The Labute approximate surface area is 209 Å². The minimum Gasteiger partial charge on any atom is -0.382 e. The van der Waals surface area contributed by atoms with E-state index in [-0.39, 0.29) is 17.8 Å². The molecule has 0 saturated carbocycles. The molecule has 0 radical (unpaired) electrons. The summed E-state index contributed by atoms with van der Waals surface area (Å²) < 4.78 is 21.9. The van der Waals surface area contributed by atoms with Gasteiger partial charge in [-0.1, -0.05) is 0 Å². The number of hydrogen-bond acceptors (Lipinski definition) is 8. The number of rotatable bonds is 6. The molecule has 36 heavy (non-hydrogen) atoms. The van der Waals surface area contributed by atoms with Crippen LogP contribution >= 0.6 is 0 Å². The second-order valence-electron chi connectivity index (χ2n) is 10.0. The molecule has 0 spiro atoms. The molecule has 0 unspecified atom stereocenters. The number of hydrogen-bond donors (Lipinski definition) is 3. The van der Waals surface area contributed by atoms with E-state index in [2.05, 4.69) is 25.2 Å². The molecular weight excluding hydrogens is 463 g/mol. The van der Waals surface area contributed by atoms with Gasteiger partial charge in [-0.05, 0) is 56.7 Å². The van der Waals surface area contributed by atoms with Gasteiger partial charge in [-0.3, -0.25) is 4.79 Å². The van der Waals surface area contributed by atoms with Crippen molar-refractivity contribution in [3.63, 3.8) is 0 Å². The van der Waals surface area contributed by atoms with Gasteiger partial charge in [-0.2, -0.15) is 0 Å². The lowest BCUT2D eigenvalue weighted by atomic mass is 9.91. The third kappa shape index (κ3) is 4.48. The fourth-order valence-corrected chi connectivity index (χ4v) is 5.30. The highest BCUT2D eigenvalue weighted by molar-refractivity contribution is 5.88. The SMILES string of the molecule is Cc1c(F)ccc(N2CC[C@](N)(C(=O)N[C@H](C)C3CCOCC3)C2)c1Cn1cnc2c(N)ncnc21. The first-order chi connectivity index (χ1) is 17.3. The summed E-state index contributed by atoms with van der Waals surface area (Å²) in [6.45, 7) is 6.52. The first-order valence-corrected chi connectivity index (χ1v) is 12.4. The van der Waals surface area contributed by atoms with Crippen LogP contribution in [0.2, 0.25) is 0 Å². The maximum atomic E-state index is 14.7. The van der Waals surface area contributed by atoms with Gasteiger partial charge in [-0.15, -0.1) is 0 Å². The molecular formula is C25H33FN8O2. The highest BCUT2D eigenvalue weighted by Crippen LogP contribution is 2.33. The number of ether oxygens (including phenoxy) is 1. The van der Waals surface area contributed by atoms with E-state index in [1.807, 2.05) is 11.5 Å². The van der Waals surface area contributed by atoms with Crippen LogP contribution in [-0.2, 0) is 16.1 Å². The molecule has 2 atom stereocenters.